The van der Waals surface area contributed by atoms with Crippen LogP contribution in [-0.4, -0.2) is 58.3 Å². The molecule has 0 aromatic rings. The third-order valence-corrected chi connectivity index (χ3v) is 9.01. The van der Waals surface area contributed by atoms with E-state index in [0.29, 0.717) is 24.6 Å². The van der Waals surface area contributed by atoms with Gasteiger partial charge in [0.25, 0.3) is 0 Å². The van der Waals surface area contributed by atoms with Gasteiger partial charge < -0.3 is 21.7 Å². The summed E-state index contributed by atoms with van der Waals surface area (Å²) in [5.74, 6) is 1.74. The monoisotopic (exact) mass is 378 g/mol. The molecule has 0 radical (unpaired) electrons. The molecular weight excluding hydrogens is 340 g/mol. The highest BCUT2D eigenvalue weighted by molar-refractivity contribution is 8.33. The van der Waals surface area contributed by atoms with Crippen molar-refractivity contribution in [1.82, 2.24) is 0 Å². The van der Waals surface area contributed by atoms with E-state index in [4.69, 9.17) is 21.7 Å². The van der Waals surface area contributed by atoms with Crippen LogP contribution in [0.25, 0.3) is 0 Å². The number of carbonyl (C=O) groups is 2. The summed E-state index contributed by atoms with van der Waals surface area (Å²) in [7, 11) is -1.19. The van der Waals surface area contributed by atoms with Gasteiger partial charge in [-0.15, -0.1) is 0 Å². The molecule has 7 heteroatoms. The van der Waals surface area contributed by atoms with Gasteiger partial charge in [-0.25, -0.2) is 10.0 Å². The summed E-state index contributed by atoms with van der Waals surface area (Å²) in [4.78, 5) is 22.2. The first-order valence-electron chi connectivity index (χ1n) is 9.53. The molecule has 6 nitrogen and oxygen atoms in total. The first-order chi connectivity index (χ1) is 12.0. The zero-order valence-corrected chi connectivity index (χ0v) is 16.4. The molecule has 0 heterocycles. The van der Waals surface area contributed by atoms with E-state index in [1.165, 1.54) is 0 Å². The van der Waals surface area contributed by atoms with Gasteiger partial charge in [-0.2, -0.15) is 0 Å². The summed E-state index contributed by atoms with van der Waals surface area (Å²) in [5.41, 5.74) is 11.1. The summed E-state index contributed by atoms with van der Waals surface area (Å²) in [6.45, 7) is 1.41. The van der Waals surface area contributed by atoms with Crippen molar-refractivity contribution in [1.29, 1.82) is 0 Å². The Bertz CT molecular complexity index is 333. The molecule has 0 aliphatic rings. The summed E-state index contributed by atoms with van der Waals surface area (Å²) >= 11 is 0. The topological polar surface area (TPSA) is 127 Å². The Morgan fingerprint density at radius 3 is 1.28 bits per heavy atom. The number of aliphatic carboxylic acids is 2. The molecule has 0 aromatic heterocycles. The van der Waals surface area contributed by atoms with Crippen molar-refractivity contribution in [3.05, 3.63) is 0 Å². The molecule has 0 spiro atoms. The average molecular weight is 379 g/mol. The predicted molar refractivity (Wildman–Crippen MR) is 107 cm³/mol. The smallest absolute Gasteiger partial charge is 0.304 e. The van der Waals surface area contributed by atoms with Crippen molar-refractivity contribution in [3.8, 4) is 0 Å². The minimum Gasteiger partial charge on any atom is -0.481 e. The summed E-state index contributed by atoms with van der Waals surface area (Å²) in [5, 5.41) is 18.2. The second-order valence-corrected chi connectivity index (χ2v) is 10.8. The first-order valence-corrected chi connectivity index (χ1v) is 11.8. The molecule has 0 saturated heterocycles. The molecule has 0 fully saturated rings. The maximum atomic E-state index is 11.1. The first kappa shape index (κ1) is 24.2. The van der Waals surface area contributed by atoms with Crippen LogP contribution in [0, 0.1) is 0 Å². The normalized spacial score (nSPS) is 12.2. The Morgan fingerprint density at radius 1 is 0.600 bits per heavy atom. The molecule has 0 aliphatic heterocycles. The van der Waals surface area contributed by atoms with Crippen LogP contribution in [0.1, 0.15) is 64.2 Å². The van der Waals surface area contributed by atoms with Crippen LogP contribution >= 0.6 is 10.0 Å². The van der Waals surface area contributed by atoms with E-state index in [9.17, 15) is 9.59 Å². The highest BCUT2D eigenvalue weighted by atomic mass is 32.3. The fraction of sp³-hybridized carbons (Fsp3) is 0.889. The molecule has 0 atom stereocenters. The van der Waals surface area contributed by atoms with Gasteiger partial charge in [-0.05, 0) is 61.8 Å². The van der Waals surface area contributed by atoms with Gasteiger partial charge in [-0.1, -0.05) is 25.7 Å². The molecule has 0 unspecified atom stereocenters. The van der Waals surface area contributed by atoms with E-state index in [1.807, 2.05) is 0 Å². The van der Waals surface area contributed by atoms with E-state index < -0.39 is 22.0 Å². The lowest BCUT2D eigenvalue weighted by molar-refractivity contribution is -0.137. The number of hydrogen-bond acceptors (Lipinski definition) is 4. The van der Waals surface area contributed by atoms with Gasteiger partial charge in [0.05, 0.1) is 12.8 Å². The Balaban J connectivity index is 4.72. The van der Waals surface area contributed by atoms with Crippen LogP contribution in [0.4, 0.5) is 0 Å². The number of unbranched alkanes of at least 4 members (excludes halogenated alkanes) is 6. The average Bonchev–Trinajstić information content (AvgIpc) is 2.57. The highest BCUT2D eigenvalue weighted by Gasteiger charge is 2.25. The standard InChI is InChI=1S/C18H38N2O4S/c19-11-5-1-3-7-13-25(15-9-17(21)22,16-10-18(23)24)14-8-4-2-6-12-20/h1-16,19-20H2,(H,21,22)(H,23,24). The van der Waals surface area contributed by atoms with Gasteiger partial charge in [0, 0.05) is 0 Å². The van der Waals surface area contributed by atoms with Crippen molar-refractivity contribution >= 4 is 22.0 Å². The molecule has 0 bridgehead atoms. The van der Waals surface area contributed by atoms with Crippen LogP contribution in [0.3, 0.4) is 0 Å². The van der Waals surface area contributed by atoms with E-state index in [0.717, 1.165) is 62.9 Å². The van der Waals surface area contributed by atoms with E-state index >= 15 is 0 Å². The third kappa shape index (κ3) is 14.1. The van der Waals surface area contributed by atoms with E-state index in [-0.39, 0.29) is 12.8 Å². The molecule has 0 aromatic carbocycles. The van der Waals surface area contributed by atoms with Crippen molar-refractivity contribution < 1.29 is 19.8 Å². The number of hydrogen-bond donors (Lipinski definition) is 4. The Morgan fingerprint density at radius 2 is 0.960 bits per heavy atom. The van der Waals surface area contributed by atoms with Crippen LogP contribution in [0.15, 0.2) is 0 Å². The van der Waals surface area contributed by atoms with Crippen LogP contribution in [0.5, 0.6) is 0 Å². The molecular formula is C18H38N2O4S. The predicted octanol–water partition coefficient (Wildman–Crippen LogP) is 2.78. The van der Waals surface area contributed by atoms with Crippen molar-refractivity contribution in [3.63, 3.8) is 0 Å². The van der Waals surface area contributed by atoms with Crippen molar-refractivity contribution in [2.24, 2.45) is 11.5 Å². The second-order valence-electron chi connectivity index (χ2n) is 6.73. The highest BCUT2D eigenvalue weighted by Crippen LogP contribution is 2.51. The van der Waals surface area contributed by atoms with Crippen LogP contribution in [0.2, 0.25) is 0 Å². The zero-order valence-electron chi connectivity index (χ0n) is 15.6. The summed E-state index contributed by atoms with van der Waals surface area (Å²) < 4.78 is 0. The summed E-state index contributed by atoms with van der Waals surface area (Å²) in [6.07, 6.45) is 8.84. The van der Waals surface area contributed by atoms with E-state index in [1.54, 1.807) is 0 Å². The lowest BCUT2D eigenvalue weighted by atomic mass is 10.2. The molecule has 0 rings (SSSR count). The lowest BCUT2D eigenvalue weighted by Gasteiger charge is -2.40. The SMILES string of the molecule is NCCCCCCS(CCCCCCN)(CCC(=O)O)CCC(=O)O. The van der Waals surface area contributed by atoms with Crippen molar-refractivity contribution in [2.45, 2.75) is 64.2 Å². The number of carboxylic acids is 2. The number of rotatable bonds is 18. The molecule has 0 aliphatic carbocycles. The quantitative estimate of drug-likeness (QED) is 0.272. The number of carboxylic acid groups (broad SMARTS) is 2. The maximum Gasteiger partial charge on any atom is 0.304 e. The molecule has 25 heavy (non-hydrogen) atoms. The van der Waals surface area contributed by atoms with Gasteiger partial charge in [0.2, 0.25) is 0 Å². The third-order valence-electron chi connectivity index (χ3n) is 4.56. The van der Waals surface area contributed by atoms with Gasteiger partial charge in [0.1, 0.15) is 0 Å². The fourth-order valence-electron chi connectivity index (χ4n) is 3.03. The molecule has 6 N–H and O–H groups in total. The minimum absolute atomic E-state index is 0.153. The Hall–Kier alpha value is -0.790. The zero-order chi connectivity index (χ0) is 19.0. The summed E-state index contributed by atoms with van der Waals surface area (Å²) in [6, 6.07) is 0. The molecule has 150 valence electrons. The minimum atomic E-state index is -1.19. The van der Waals surface area contributed by atoms with Crippen molar-refractivity contribution in [2.75, 3.05) is 36.1 Å². The number of nitrogens with two attached hydrogens (primary N) is 2. The van der Waals surface area contributed by atoms with Gasteiger partial charge in [0.15, 0.2) is 0 Å². The van der Waals surface area contributed by atoms with E-state index in [2.05, 4.69) is 0 Å². The van der Waals surface area contributed by atoms with Crippen LogP contribution in [-0.2, 0) is 9.59 Å². The maximum absolute atomic E-state index is 11.1. The second kappa shape index (κ2) is 15.5. The van der Waals surface area contributed by atoms with Crippen LogP contribution < -0.4 is 11.5 Å². The Labute approximate surface area is 154 Å². The molecule has 0 amide bonds. The fourth-order valence-corrected chi connectivity index (χ4v) is 7.11. The largest absolute Gasteiger partial charge is 0.481 e. The Kier molecular flexibility index (Phi) is 15.0. The van der Waals surface area contributed by atoms with Gasteiger partial charge in [-0.3, -0.25) is 9.59 Å². The van der Waals surface area contributed by atoms with Gasteiger partial charge >= 0.3 is 11.9 Å². The lowest BCUT2D eigenvalue weighted by Crippen LogP contribution is -2.21. The molecule has 0 saturated carbocycles.